The molecule has 0 fully saturated rings. The van der Waals surface area contributed by atoms with Crippen LogP contribution < -0.4 is 15.3 Å². The van der Waals surface area contributed by atoms with Crippen molar-refractivity contribution in [2.45, 2.75) is 13.5 Å². The van der Waals surface area contributed by atoms with Crippen LogP contribution in [0.1, 0.15) is 11.1 Å². The molecule has 0 amide bonds. The Balaban J connectivity index is 2.26. The SMILES string of the molecule is COc1ccc(-c2c(C)c3ccc(O)c(C[NH+](C)C)c3oc2=O)cc1. The second-order valence-corrected chi connectivity index (χ2v) is 6.44. The van der Waals surface area contributed by atoms with Gasteiger partial charge in [0.15, 0.2) is 5.58 Å². The van der Waals surface area contributed by atoms with E-state index in [1.807, 2.05) is 45.3 Å². The Morgan fingerprint density at radius 1 is 1.12 bits per heavy atom. The fourth-order valence-corrected chi connectivity index (χ4v) is 3.08. The second kappa shape index (κ2) is 6.61. The number of rotatable bonds is 4. The maximum Gasteiger partial charge on any atom is 0.344 e. The number of aryl methyl sites for hydroxylation is 1. The zero-order valence-corrected chi connectivity index (χ0v) is 14.8. The predicted octanol–water partition coefficient (Wildman–Crippen LogP) is 2.13. The van der Waals surface area contributed by atoms with Crippen molar-refractivity contribution in [3.05, 3.63) is 57.9 Å². The number of nitrogens with one attached hydrogen (secondary N) is 1. The van der Waals surface area contributed by atoms with Gasteiger partial charge in [0.05, 0.1) is 32.3 Å². The summed E-state index contributed by atoms with van der Waals surface area (Å²) in [6, 6.07) is 10.8. The highest BCUT2D eigenvalue weighted by Gasteiger charge is 2.19. The van der Waals surface area contributed by atoms with Gasteiger partial charge in [-0.3, -0.25) is 0 Å². The van der Waals surface area contributed by atoms with Crippen LogP contribution >= 0.6 is 0 Å². The number of methoxy groups -OCH3 is 1. The van der Waals surface area contributed by atoms with Gasteiger partial charge in [-0.15, -0.1) is 0 Å². The van der Waals surface area contributed by atoms with E-state index in [1.165, 1.54) is 0 Å². The Morgan fingerprint density at radius 3 is 2.40 bits per heavy atom. The van der Waals surface area contributed by atoms with Crippen molar-refractivity contribution in [1.82, 2.24) is 0 Å². The van der Waals surface area contributed by atoms with E-state index in [9.17, 15) is 9.90 Å². The molecule has 0 radical (unpaired) electrons. The zero-order valence-electron chi connectivity index (χ0n) is 14.8. The minimum absolute atomic E-state index is 0.147. The Kier molecular flexibility index (Phi) is 4.51. The summed E-state index contributed by atoms with van der Waals surface area (Å²) >= 11 is 0. The number of aromatic hydroxyl groups is 1. The summed E-state index contributed by atoms with van der Waals surface area (Å²) in [6.07, 6.45) is 0. The van der Waals surface area contributed by atoms with Crippen LogP contribution in [0.3, 0.4) is 0 Å². The molecule has 2 N–H and O–H groups in total. The third kappa shape index (κ3) is 3.10. The minimum atomic E-state index is -0.407. The van der Waals surface area contributed by atoms with E-state index in [0.717, 1.165) is 27.2 Å². The first kappa shape index (κ1) is 17.0. The summed E-state index contributed by atoms with van der Waals surface area (Å²) in [7, 11) is 5.56. The smallest absolute Gasteiger partial charge is 0.344 e. The standard InChI is InChI=1S/C20H21NO4/c1-12-15-9-10-17(22)16(11-21(2)3)19(15)25-20(23)18(12)13-5-7-14(24-4)8-6-13/h5-10,22H,11H2,1-4H3/p+1. The molecular formula is C20H22NO4+. The molecule has 5 heteroatoms. The van der Waals surface area contributed by atoms with Gasteiger partial charge in [-0.05, 0) is 42.3 Å². The van der Waals surface area contributed by atoms with Crippen molar-refractivity contribution >= 4 is 11.0 Å². The number of phenolic OH excluding ortho intramolecular Hbond substituents is 1. The van der Waals surface area contributed by atoms with E-state index in [-0.39, 0.29) is 5.75 Å². The lowest BCUT2D eigenvalue weighted by atomic mass is 9.98. The lowest BCUT2D eigenvalue weighted by molar-refractivity contribution is -0.872. The summed E-state index contributed by atoms with van der Waals surface area (Å²) in [5.41, 5.74) is 2.85. The molecular weight excluding hydrogens is 318 g/mol. The minimum Gasteiger partial charge on any atom is -0.507 e. The third-order valence-corrected chi connectivity index (χ3v) is 4.32. The average molecular weight is 340 g/mol. The Bertz CT molecular complexity index is 972. The number of hydrogen-bond donors (Lipinski definition) is 2. The maximum absolute atomic E-state index is 12.7. The van der Waals surface area contributed by atoms with Gasteiger partial charge in [-0.2, -0.15) is 0 Å². The van der Waals surface area contributed by atoms with Crippen LogP contribution in [0.5, 0.6) is 11.5 Å². The predicted molar refractivity (Wildman–Crippen MR) is 97.4 cm³/mol. The van der Waals surface area contributed by atoms with Gasteiger partial charge in [-0.1, -0.05) is 12.1 Å². The fraction of sp³-hybridized carbons (Fsp3) is 0.250. The lowest BCUT2D eigenvalue weighted by Crippen LogP contribution is -3.04. The number of ether oxygens (including phenoxy) is 1. The van der Waals surface area contributed by atoms with Gasteiger partial charge in [0.1, 0.15) is 18.0 Å². The monoisotopic (exact) mass is 340 g/mol. The first-order chi connectivity index (χ1) is 11.9. The summed E-state index contributed by atoms with van der Waals surface area (Å²) in [5.74, 6) is 0.876. The van der Waals surface area contributed by atoms with Gasteiger partial charge in [-0.25, -0.2) is 4.79 Å². The number of fused-ring (bicyclic) bond motifs is 1. The molecule has 5 nitrogen and oxygen atoms in total. The topological polar surface area (TPSA) is 64.1 Å². The molecule has 0 spiro atoms. The number of phenols is 1. The van der Waals surface area contributed by atoms with Crippen LogP contribution in [0.4, 0.5) is 0 Å². The first-order valence-electron chi connectivity index (χ1n) is 8.14. The van der Waals surface area contributed by atoms with E-state index in [1.54, 1.807) is 19.2 Å². The van der Waals surface area contributed by atoms with E-state index in [0.29, 0.717) is 23.3 Å². The molecule has 0 bridgehead atoms. The van der Waals surface area contributed by atoms with Gasteiger partial charge in [0.25, 0.3) is 0 Å². The van der Waals surface area contributed by atoms with Crippen LogP contribution in [0.25, 0.3) is 22.1 Å². The van der Waals surface area contributed by atoms with Crippen LogP contribution in [-0.2, 0) is 6.54 Å². The van der Waals surface area contributed by atoms with Crippen molar-refractivity contribution in [1.29, 1.82) is 0 Å². The van der Waals surface area contributed by atoms with Crippen LogP contribution in [-0.4, -0.2) is 26.3 Å². The first-order valence-corrected chi connectivity index (χ1v) is 8.14. The van der Waals surface area contributed by atoms with Crippen molar-refractivity contribution in [3.8, 4) is 22.6 Å². The van der Waals surface area contributed by atoms with Crippen molar-refractivity contribution in [2.75, 3.05) is 21.2 Å². The van der Waals surface area contributed by atoms with Gasteiger partial charge in [0, 0.05) is 5.39 Å². The molecule has 2 aromatic carbocycles. The molecule has 0 aliphatic rings. The summed E-state index contributed by atoms with van der Waals surface area (Å²) in [4.78, 5) is 13.8. The molecule has 0 aliphatic carbocycles. The largest absolute Gasteiger partial charge is 0.507 e. The highest BCUT2D eigenvalue weighted by Crippen LogP contribution is 2.32. The van der Waals surface area contributed by atoms with E-state index in [2.05, 4.69) is 0 Å². The average Bonchev–Trinajstić information content (AvgIpc) is 2.58. The summed E-state index contributed by atoms with van der Waals surface area (Å²) in [6.45, 7) is 2.47. The van der Waals surface area contributed by atoms with Crippen LogP contribution in [0, 0.1) is 6.92 Å². The fourth-order valence-electron chi connectivity index (χ4n) is 3.08. The summed E-state index contributed by atoms with van der Waals surface area (Å²) < 4.78 is 10.8. The normalized spacial score (nSPS) is 11.2. The Morgan fingerprint density at radius 2 is 1.80 bits per heavy atom. The van der Waals surface area contributed by atoms with Crippen LogP contribution in [0.2, 0.25) is 0 Å². The molecule has 1 heterocycles. The molecule has 1 aromatic heterocycles. The highest BCUT2D eigenvalue weighted by atomic mass is 16.5. The van der Waals surface area contributed by atoms with E-state index in [4.69, 9.17) is 9.15 Å². The van der Waals surface area contributed by atoms with Gasteiger partial charge < -0.3 is 19.2 Å². The van der Waals surface area contributed by atoms with Gasteiger partial charge >= 0.3 is 5.63 Å². The number of hydrogen-bond acceptors (Lipinski definition) is 4. The molecule has 130 valence electrons. The molecule has 25 heavy (non-hydrogen) atoms. The Labute approximate surface area is 146 Å². The molecule has 0 saturated carbocycles. The van der Waals surface area contributed by atoms with E-state index >= 15 is 0 Å². The molecule has 3 aromatic rings. The number of benzene rings is 2. The molecule has 0 aliphatic heterocycles. The van der Waals surface area contributed by atoms with Crippen molar-refractivity contribution < 1.29 is 19.2 Å². The zero-order chi connectivity index (χ0) is 18.1. The quantitative estimate of drug-likeness (QED) is 0.714. The van der Waals surface area contributed by atoms with Gasteiger partial charge in [0.2, 0.25) is 0 Å². The molecule has 0 saturated heterocycles. The van der Waals surface area contributed by atoms with E-state index < -0.39 is 5.63 Å². The number of quaternary nitrogens is 1. The molecule has 0 atom stereocenters. The Hall–Kier alpha value is -2.79. The van der Waals surface area contributed by atoms with Crippen LogP contribution in [0.15, 0.2) is 45.6 Å². The summed E-state index contributed by atoms with van der Waals surface area (Å²) in [5, 5.41) is 11.0. The highest BCUT2D eigenvalue weighted by molar-refractivity contribution is 5.89. The third-order valence-electron chi connectivity index (χ3n) is 4.32. The molecule has 0 unspecified atom stereocenters. The lowest BCUT2D eigenvalue weighted by Gasteiger charge is -2.14. The maximum atomic E-state index is 12.7. The van der Waals surface area contributed by atoms with Crippen molar-refractivity contribution in [3.63, 3.8) is 0 Å². The van der Waals surface area contributed by atoms with Crippen molar-refractivity contribution in [2.24, 2.45) is 0 Å². The molecule has 3 rings (SSSR count). The second-order valence-electron chi connectivity index (χ2n) is 6.44.